The van der Waals surface area contributed by atoms with Gasteiger partial charge in [0, 0.05) is 6.54 Å². The first-order chi connectivity index (χ1) is 10.2. The van der Waals surface area contributed by atoms with Gasteiger partial charge in [-0.15, -0.1) is 0 Å². The molecule has 6 heteroatoms. The maximum atomic E-state index is 12.4. The minimum absolute atomic E-state index is 0.0159. The average Bonchev–Trinajstić information content (AvgIpc) is 2.77. The van der Waals surface area contributed by atoms with E-state index in [-0.39, 0.29) is 18.0 Å². The van der Waals surface area contributed by atoms with E-state index >= 15 is 0 Å². The Bertz CT molecular complexity index is 534. The van der Waals surface area contributed by atoms with E-state index in [1.54, 1.807) is 4.90 Å². The van der Waals surface area contributed by atoms with Crippen LogP contribution in [0.15, 0.2) is 30.3 Å². The number of nitrogens with zero attached hydrogens (tertiary/aromatic N) is 2. The summed E-state index contributed by atoms with van der Waals surface area (Å²) in [5, 5.41) is 1.41. The molecule has 2 bridgehead atoms. The number of piperidine rings is 1. The molecule has 112 valence electrons. The summed E-state index contributed by atoms with van der Waals surface area (Å²) in [7, 11) is 1.35. The number of fused-ring (bicyclic) bond motifs is 2. The molecule has 2 aliphatic rings. The van der Waals surface area contributed by atoms with Crippen LogP contribution in [-0.4, -0.2) is 47.7 Å². The van der Waals surface area contributed by atoms with Crippen molar-refractivity contribution in [3.8, 4) is 0 Å². The molecule has 0 spiro atoms. The Balaban J connectivity index is 1.66. The number of hydrogen-bond donors (Lipinski definition) is 0. The van der Waals surface area contributed by atoms with Gasteiger partial charge in [0.1, 0.15) is 12.6 Å². The number of benzene rings is 1. The molecule has 2 unspecified atom stereocenters. The summed E-state index contributed by atoms with van der Waals surface area (Å²) in [5.74, 6) is -0.355. The number of rotatable bonds is 4. The smallest absolute Gasteiger partial charge is 0.345 e. The van der Waals surface area contributed by atoms with Gasteiger partial charge in [-0.25, -0.2) is 9.59 Å². The summed E-state index contributed by atoms with van der Waals surface area (Å²) in [6, 6.07) is 8.98. The molecule has 0 aliphatic carbocycles. The van der Waals surface area contributed by atoms with Gasteiger partial charge < -0.3 is 9.64 Å². The number of hydroxylamine groups is 2. The van der Waals surface area contributed by atoms with Gasteiger partial charge >= 0.3 is 12.0 Å². The van der Waals surface area contributed by atoms with Crippen molar-refractivity contribution in [2.75, 3.05) is 13.7 Å². The lowest BCUT2D eigenvalue weighted by atomic mass is 10.0. The predicted octanol–water partition coefficient (Wildman–Crippen LogP) is 1.56. The first-order valence-corrected chi connectivity index (χ1v) is 7.05. The third kappa shape index (κ3) is 2.58. The van der Waals surface area contributed by atoms with E-state index in [2.05, 4.69) is 0 Å². The van der Waals surface area contributed by atoms with Gasteiger partial charge in [-0.1, -0.05) is 30.3 Å². The number of methoxy groups -OCH3 is 1. The maximum Gasteiger partial charge on any atom is 0.345 e. The van der Waals surface area contributed by atoms with Gasteiger partial charge in [0.2, 0.25) is 0 Å². The van der Waals surface area contributed by atoms with Crippen molar-refractivity contribution in [3.63, 3.8) is 0 Å². The molecule has 3 rings (SSSR count). The Morgan fingerprint density at radius 2 is 2.05 bits per heavy atom. The number of amides is 2. The first kappa shape index (κ1) is 13.9. The Hall–Kier alpha value is -2.08. The molecule has 2 fully saturated rings. The van der Waals surface area contributed by atoms with Crippen LogP contribution in [0.5, 0.6) is 0 Å². The fourth-order valence-electron chi connectivity index (χ4n) is 2.90. The van der Waals surface area contributed by atoms with E-state index < -0.39 is 6.04 Å². The van der Waals surface area contributed by atoms with Crippen LogP contribution >= 0.6 is 0 Å². The van der Waals surface area contributed by atoms with Crippen molar-refractivity contribution in [2.24, 2.45) is 0 Å². The highest BCUT2D eigenvalue weighted by Crippen LogP contribution is 2.30. The van der Waals surface area contributed by atoms with Gasteiger partial charge in [-0.05, 0) is 18.4 Å². The van der Waals surface area contributed by atoms with Crippen LogP contribution in [0.2, 0.25) is 0 Å². The Morgan fingerprint density at radius 1 is 1.29 bits per heavy atom. The van der Waals surface area contributed by atoms with Crippen molar-refractivity contribution < 1.29 is 19.2 Å². The quantitative estimate of drug-likeness (QED) is 0.790. The minimum Gasteiger partial charge on any atom is -0.467 e. The summed E-state index contributed by atoms with van der Waals surface area (Å²) in [6.45, 7) is 0.868. The molecule has 1 aromatic rings. The van der Waals surface area contributed by atoms with E-state index in [0.717, 1.165) is 12.0 Å². The summed E-state index contributed by atoms with van der Waals surface area (Å²) >= 11 is 0. The van der Waals surface area contributed by atoms with Crippen molar-refractivity contribution in [2.45, 2.75) is 31.5 Å². The number of ether oxygens (including phenoxy) is 1. The lowest BCUT2D eigenvalue weighted by Crippen LogP contribution is -2.45. The lowest BCUT2D eigenvalue weighted by molar-refractivity contribution is -0.146. The van der Waals surface area contributed by atoms with E-state index in [1.165, 1.54) is 12.2 Å². The van der Waals surface area contributed by atoms with E-state index in [9.17, 15) is 9.59 Å². The van der Waals surface area contributed by atoms with Crippen LogP contribution in [0.25, 0.3) is 0 Å². The van der Waals surface area contributed by atoms with Crippen LogP contribution in [-0.2, 0) is 21.0 Å². The number of carbonyl (C=O) groups excluding carboxylic acids is 2. The minimum atomic E-state index is -0.482. The van der Waals surface area contributed by atoms with E-state index in [1.807, 2.05) is 30.3 Å². The van der Waals surface area contributed by atoms with Crippen LogP contribution in [0.4, 0.5) is 4.79 Å². The van der Waals surface area contributed by atoms with E-state index in [0.29, 0.717) is 19.6 Å². The second-order valence-electron chi connectivity index (χ2n) is 5.29. The Morgan fingerprint density at radius 3 is 2.76 bits per heavy atom. The largest absolute Gasteiger partial charge is 0.467 e. The molecule has 6 nitrogen and oxygen atoms in total. The van der Waals surface area contributed by atoms with Crippen molar-refractivity contribution in [1.29, 1.82) is 0 Å². The topological polar surface area (TPSA) is 59.1 Å². The van der Waals surface area contributed by atoms with Gasteiger partial charge in [0.25, 0.3) is 0 Å². The Labute approximate surface area is 123 Å². The molecule has 2 aliphatic heterocycles. The van der Waals surface area contributed by atoms with Crippen LogP contribution in [0.1, 0.15) is 18.4 Å². The predicted molar refractivity (Wildman–Crippen MR) is 74.0 cm³/mol. The molecule has 2 saturated heterocycles. The maximum absolute atomic E-state index is 12.4. The molecular formula is C15H18N2O4. The number of esters is 1. The summed E-state index contributed by atoms with van der Waals surface area (Å²) < 4.78 is 4.76. The van der Waals surface area contributed by atoms with Gasteiger partial charge in [-0.2, -0.15) is 5.06 Å². The van der Waals surface area contributed by atoms with Crippen LogP contribution < -0.4 is 0 Å². The van der Waals surface area contributed by atoms with Gasteiger partial charge in [-0.3, -0.25) is 4.84 Å². The number of carbonyl (C=O) groups is 2. The van der Waals surface area contributed by atoms with Crippen molar-refractivity contribution in [3.05, 3.63) is 35.9 Å². The SMILES string of the molecule is COC(=O)C1CCC2CN1C(=O)N2OCc1ccccc1. The fraction of sp³-hybridized carbons (Fsp3) is 0.467. The van der Waals surface area contributed by atoms with Gasteiger partial charge in [0.05, 0.1) is 13.2 Å². The summed E-state index contributed by atoms with van der Waals surface area (Å²) in [5.41, 5.74) is 1.01. The molecule has 2 heterocycles. The highest BCUT2D eigenvalue weighted by molar-refractivity contribution is 5.85. The number of urea groups is 1. The molecule has 0 saturated carbocycles. The zero-order valence-electron chi connectivity index (χ0n) is 11.9. The van der Waals surface area contributed by atoms with E-state index in [4.69, 9.17) is 9.57 Å². The van der Waals surface area contributed by atoms with Crippen LogP contribution in [0, 0.1) is 0 Å². The monoisotopic (exact) mass is 290 g/mol. The third-order valence-corrected chi connectivity index (χ3v) is 4.01. The van der Waals surface area contributed by atoms with Gasteiger partial charge in [0.15, 0.2) is 0 Å². The normalized spacial score (nSPS) is 24.3. The zero-order chi connectivity index (χ0) is 14.8. The fourth-order valence-corrected chi connectivity index (χ4v) is 2.90. The highest BCUT2D eigenvalue weighted by atomic mass is 16.7. The summed E-state index contributed by atoms with van der Waals surface area (Å²) in [6.07, 6.45) is 1.37. The summed E-state index contributed by atoms with van der Waals surface area (Å²) in [4.78, 5) is 31.3. The third-order valence-electron chi connectivity index (χ3n) is 4.01. The molecule has 21 heavy (non-hydrogen) atoms. The molecule has 0 radical (unpaired) electrons. The lowest BCUT2D eigenvalue weighted by Gasteiger charge is -2.27. The molecule has 2 atom stereocenters. The molecule has 2 amide bonds. The number of hydrogen-bond acceptors (Lipinski definition) is 4. The molecule has 0 aromatic heterocycles. The van der Waals surface area contributed by atoms with Crippen LogP contribution in [0.3, 0.4) is 0 Å². The highest BCUT2D eigenvalue weighted by Gasteiger charge is 2.48. The molecule has 0 N–H and O–H groups in total. The first-order valence-electron chi connectivity index (χ1n) is 7.05. The van der Waals surface area contributed by atoms with Crippen molar-refractivity contribution in [1.82, 2.24) is 9.96 Å². The second kappa shape index (κ2) is 5.73. The molecular weight excluding hydrogens is 272 g/mol. The second-order valence-corrected chi connectivity index (χ2v) is 5.29. The average molecular weight is 290 g/mol. The van der Waals surface area contributed by atoms with Crippen molar-refractivity contribution >= 4 is 12.0 Å². The Kier molecular flexibility index (Phi) is 3.79. The standard InChI is InChI=1S/C15H18N2O4/c1-20-14(18)13-8-7-12-9-16(13)15(19)17(12)21-10-11-5-3-2-4-6-11/h2-6,12-13H,7-10H2,1H3. The zero-order valence-corrected chi connectivity index (χ0v) is 11.9. The molecule has 1 aromatic carbocycles.